The second-order valence-electron chi connectivity index (χ2n) is 3.48. The summed E-state index contributed by atoms with van der Waals surface area (Å²) >= 11 is 0. The van der Waals surface area contributed by atoms with Gasteiger partial charge in [0.1, 0.15) is 5.82 Å². The summed E-state index contributed by atoms with van der Waals surface area (Å²) in [5.74, 6) is -7.96. The molecule has 0 saturated carbocycles. The fourth-order valence-electron chi connectivity index (χ4n) is 1.36. The highest BCUT2D eigenvalue weighted by Crippen LogP contribution is 2.40. The first-order chi connectivity index (χ1) is 8.60. The van der Waals surface area contributed by atoms with Crippen LogP contribution >= 0.6 is 0 Å². The van der Waals surface area contributed by atoms with Crippen molar-refractivity contribution in [2.24, 2.45) is 0 Å². The van der Waals surface area contributed by atoms with Crippen LogP contribution in [0.4, 0.5) is 26.3 Å². The summed E-state index contributed by atoms with van der Waals surface area (Å²) in [6, 6.07) is 0.537. The van der Waals surface area contributed by atoms with E-state index in [1.165, 1.54) is 6.92 Å². The molecule has 0 aliphatic carbocycles. The Morgan fingerprint density at radius 1 is 1.16 bits per heavy atom. The maximum Gasteiger partial charge on any atom is 0.417 e. The first kappa shape index (κ1) is 15.3. The molecule has 0 N–H and O–H groups in total. The fraction of sp³-hybridized carbons (Fsp3) is 0.364. The highest BCUT2D eigenvalue weighted by atomic mass is 19.4. The molecule has 19 heavy (non-hydrogen) atoms. The molecule has 8 heteroatoms. The Labute approximate surface area is 104 Å². The zero-order valence-corrected chi connectivity index (χ0v) is 9.52. The van der Waals surface area contributed by atoms with Gasteiger partial charge in [-0.3, -0.25) is 0 Å². The highest BCUT2D eigenvalue weighted by Gasteiger charge is 2.49. The summed E-state index contributed by atoms with van der Waals surface area (Å²) in [5, 5.41) is 0. The quantitative estimate of drug-likeness (QED) is 0.628. The fourth-order valence-corrected chi connectivity index (χ4v) is 1.36. The van der Waals surface area contributed by atoms with Crippen molar-refractivity contribution >= 4 is 5.97 Å². The lowest BCUT2D eigenvalue weighted by atomic mass is 10.0. The van der Waals surface area contributed by atoms with Crippen LogP contribution in [0.3, 0.4) is 0 Å². The summed E-state index contributed by atoms with van der Waals surface area (Å²) < 4.78 is 81.6. The predicted molar refractivity (Wildman–Crippen MR) is 51.9 cm³/mol. The molecule has 1 aromatic carbocycles. The molecule has 0 aliphatic rings. The second-order valence-corrected chi connectivity index (χ2v) is 3.48. The van der Waals surface area contributed by atoms with Gasteiger partial charge in [0.25, 0.3) is 0 Å². The molecule has 0 aliphatic heterocycles. The summed E-state index contributed by atoms with van der Waals surface area (Å²) in [6.45, 7) is 0.806. The highest BCUT2D eigenvalue weighted by molar-refractivity contribution is 5.80. The molecule has 1 aromatic rings. The minimum atomic E-state index is -5.21. The Hall–Kier alpha value is -1.73. The minimum absolute atomic E-state index is 0.0948. The van der Waals surface area contributed by atoms with Crippen LogP contribution in [0.5, 0.6) is 0 Å². The monoisotopic (exact) mass is 286 g/mol. The molecule has 0 saturated heterocycles. The lowest BCUT2D eigenvalue weighted by molar-refractivity contribution is -0.175. The molecule has 0 heterocycles. The van der Waals surface area contributed by atoms with Gasteiger partial charge < -0.3 is 4.74 Å². The third kappa shape index (κ3) is 3.18. The Morgan fingerprint density at radius 3 is 2.21 bits per heavy atom. The Balaban J connectivity index is 3.38. The number of esters is 1. The average Bonchev–Trinajstić information content (AvgIpc) is 2.27. The number of hydrogen-bond donors (Lipinski definition) is 0. The molecular formula is C11H8F6O2. The van der Waals surface area contributed by atoms with Gasteiger partial charge in [-0.15, -0.1) is 0 Å². The molecule has 0 amide bonds. The lowest BCUT2D eigenvalue weighted by Gasteiger charge is -2.19. The zero-order valence-electron chi connectivity index (χ0n) is 9.52. The van der Waals surface area contributed by atoms with E-state index in [-0.39, 0.29) is 12.1 Å². The topological polar surface area (TPSA) is 26.3 Å². The van der Waals surface area contributed by atoms with E-state index in [2.05, 4.69) is 4.74 Å². The van der Waals surface area contributed by atoms with Crippen LogP contribution in [0.25, 0.3) is 0 Å². The van der Waals surface area contributed by atoms with E-state index in [9.17, 15) is 31.1 Å². The first-order valence-electron chi connectivity index (χ1n) is 5.03. The molecule has 0 aromatic heterocycles. The number of carbonyl (C=O) groups is 1. The molecule has 0 atom stereocenters. The van der Waals surface area contributed by atoms with E-state index in [1.807, 2.05) is 0 Å². The zero-order chi connectivity index (χ0) is 14.8. The van der Waals surface area contributed by atoms with Crippen LogP contribution in [-0.2, 0) is 21.6 Å². The molecule has 2 nitrogen and oxygen atoms in total. The third-order valence-corrected chi connectivity index (χ3v) is 2.16. The van der Waals surface area contributed by atoms with Gasteiger partial charge in [-0.25, -0.2) is 9.18 Å². The standard InChI is InChI=1S/C11H8F6O2/c1-2-19-9(18)10(13,14)7-4-3-6(12)5-8(7)11(15,16)17/h3-5H,2H2,1H3. The van der Waals surface area contributed by atoms with Crippen LogP contribution in [0.15, 0.2) is 18.2 Å². The summed E-state index contributed by atoms with van der Waals surface area (Å²) in [6.07, 6.45) is -5.21. The lowest BCUT2D eigenvalue weighted by Crippen LogP contribution is -2.31. The predicted octanol–water partition coefficient (Wildman–Crippen LogP) is 3.50. The van der Waals surface area contributed by atoms with Gasteiger partial charge in [-0.05, 0) is 25.1 Å². The van der Waals surface area contributed by atoms with Crippen molar-refractivity contribution in [1.29, 1.82) is 0 Å². The van der Waals surface area contributed by atoms with Crippen LogP contribution in [0.1, 0.15) is 18.1 Å². The number of hydrogen-bond acceptors (Lipinski definition) is 2. The SMILES string of the molecule is CCOC(=O)C(F)(F)c1ccc(F)cc1C(F)(F)F. The average molecular weight is 286 g/mol. The van der Waals surface area contributed by atoms with Gasteiger partial charge in [0.2, 0.25) is 0 Å². The van der Waals surface area contributed by atoms with Gasteiger partial charge in [0.15, 0.2) is 0 Å². The van der Waals surface area contributed by atoms with E-state index in [0.717, 1.165) is 0 Å². The van der Waals surface area contributed by atoms with Crippen molar-refractivity contribution in [3.63, 3.8) is 0 Å². The molecule has 0 fully saturated rings. The van der Waals surface area contributed by atoms with Crippen molar-refractivity contribution in [3.05, 3.63) is 35.1 Å². The van der Waals surface area contributed by atoms with Gasteiger partial charge in [-0.2, -0.15) is 22.0 Å². The Kier molecular flexibility index (Phi) is 4.12. The van der Waals surface area contributed by atoms with Crippen molar-refractivity contribution in [3.8, 4) is 0 Å². The Morgan fingerprint density at radius 2 is 1.74 bits per heavy atom. The van der Waals surface area contributed by atoms with Crippen LogP contribution < -0.4 is 0 Å². The summed E-state index contributed by atoms with van der Waals surface area (Å²) in [4.78, 5) is 11.0. The molecule has 0 unspecified atom stereocenters. The van der Waals surface area contributed by atoms with Gasteiger partial charge in [0, 0.05) is 5.56 Å². The summed E-state index contributed by atoms with van der Waals surface area (Å²) in [5.41, 5.74) is -3.55. The molecule has 106 valence electrons. The number of alkyl halides is 5. The molecule has 0 radical (unpaired) electrons. The van der Waals surface area contributed by atoms with Crippen LogP contribution in [-0.4, -0.2) is 12.6 Å². The van der Waals surface area contributed by atoms with E-state index >= 15 is 0 Å². The van der Waals surface area contributed by atoms with Crippen LogP contribution in [0.2, 0.25) is 0 Å². The van der Waals surface area contributed by atoms with Crippen LogP contribution in [0, 0.1) is 5.82 Å². The minimum Gasteiger partial charge on any atom is -0.461 e. The van der Waals surface area contributed by atoms with Crippen molar-refractivity contribution in [2.45, 2.75) is 19.0 Å². The van der Waals surface area contributed by atoms with Gasteiger partial charge >= 0.3 is 18.1 Å². The largest absolute Gasteiger partial charge is 0.461 e. The third-order valence-electron chi connectivity index (χ3n) is 2.16. The first-order valence-corrected chi connectivity index (χ1v) is 5.03. The van der Waals surface area contributed by atoms with E-state index in [1.54, 1.807) is 0 Å². The van der Waals surface area contributed by atoms with Gasteiger partial charge in [-0.1, -0.05) is 0 Å². The molecule has 1 rings (SSSR count). The molecule has 0 spiro atoms. The number of ether oxygens (including phenoxy) is 1. The van der Waals surface area contributed by atoms with E-state index in [0.29, 0.717) is 6.07 Å². The smallest absolute Gasteiger partial charge is 0.417 e. The van der Waals surface area contributed by atoms with Gasteiger partial charge in [0.05, 0.1) is 12.2 Å². The normalized spacial score (nSPS) is 12.4. The number of carbonyl (C=O) groups excluding carboxylic acids is 1. The number of halogens is 6. The van der Waals surface area contributed by atoms with Crippen molar-refractivity contribution < 1.29 is 35.9 Å². The Bertz CT molecular complexity index is 481. The van der Waals surface area contributed by atoms with Crippen molar-refractivity contribution in [1.82, 2.24) is 0 Å². The maximum absolute atomic E-state index is 13.6. The molecular weight excluding hydrogens is 278 g/mol. The number of benzene rings is 1. The van der Waals surface area contributed by atoms with E-state index in [4.69, 9.17) is 0 Å². The second kappa shape index (κ2) is 5.10. The maximum atomic E-state index is 13.6. The summed E-state index contributed by atoms with van der Waals surface area (Å²) in [7, 11) is 0. The molecule has 0 bridgehead atoms. The van der Waals surface area contributed by atoms with Crippen molar-refractivity contribution in [2.75, 3.05) is 6.61 Å². The van der Waals surface area contributed by atoms with E-state index < -0.39 is 41.6 Å². The number of rotatable bonds is 3.